The predicted molar refractivity (Wildman–Crippen MR) is 93.6 cm³/mol. The Morgan fingerprint density at radius 3 is 1.83 bits per heavy atom. The highest BCUT2D eigenvalue weighted by molar-refractivity contribution is 5.62. The molecule has 2 saturated heterocycles. The largest absolute Gasteiger partial charge is 0.481 e. The third-order valence-corrected chi connectivity index (χ3v) is 4.57. The van der Waals surface area contributed by atoms with E-state index in [1.54, 1.807) is 0 Å². The van der Waals surface area contributed by atoms with Crippen molar-refractivity contribution in [2.24, 2.45) is 0 Å². The molecule has 0 unspecified atom stereocenters. The molecule has 0 aromatic rings. The van der Waals surface area contributed by atoms with Crippen LogP contribution in [0, 0.1) is 0 Å². The molecule has 10 atom stereocenters. The van der Waals surface area contributed by atoms with Crippen molar-refractivity contribution in [1.82, 2.24) is 5.32 Å². The van der Waals surface area contributed by atoms with E-state index < -0.39 is 73.9 Å². The summed E-state index contributed by atoms with van der Waals surface area (Å²) in [6.07, 6.45) is -11.0. The molecule has 0 saturated carbocycles. The first-order valence-electron chi connectivity index (χ1n) is 8.89. The summed E-state index contributed by atoms with van der Waals surface area (Å²) in [5.41, 5.74) is 0. The summed E-state index contributed by atoms with van der Waals surface area (Å²) in [5.74, 6) is -0.833. The van der Waals surface area contributed by atoms with Gasteiger partial charge in [0.25, 0.3) is 5.97 Å². The summed E-state index contributed by atoms with van der Waals surface area (Å²) in [6, 6.07) is -0.886. The number of carboxylic acids is 1. The highest BCUT2D eigenvalue weighted by Gasteiger charge is 2.47. The molecular formula is C16H31NO12. The van der Waals surface area contributed by atoms with Crippen molar-refractivity contribution >= 4 is 5.97 Å². The van der Waals surface area contributed by atoms with E-state index in [1.165, 1.54) is 14.2 Å². The van der Waals surface area contributed by atoms with Crippen molar-refractivity contribution < 1.29 is 59.5 Å². The van der Waals surface area contributed by atoms with Crippen LogP contribution in [-0.2, 0) is 23.7 Å². The maximum absolute atomic E-state index is 10.2. The van der Waals surface area contributed by atoms with Crippen molar-refractivity contribution in [3.8, 4) is 0 Å². The van der Waals surface area contributed by atoms with Crippen LogP contribution < -0.4 is 5.32 Å². The van der Waals surface area contributed by atoms with Gasteiger partial charge in [0.05, 0.1) is 12.6 Å². The van der Waals surface area contributed by atoms with Crippen molar-refractivity contribution in [2.45, 2.75) is 68.3 Å². The zero-order valence-corrected chi connectivity index (χ0v) is 16.4. The number of aliphatic carboxylic acids is 1. The van der Waals surface area contributed by atoms with Crippen molar-refractivity contribution in [3.63, 3.8) is 0 Å². The van der Waals surface area contributed by atoms with Gasteiger partial charge in [0.1, 0.15) is 42.7 Å². The minimum Gasteiger partial charge on any atom is -0.481 e. The molecule has 0 aromatic carbocycles. The third kappa shape index (κ3) is 6.77. The van der Waals surface area contributed by atoms with Gasteiger partial charge in [-0.15, -0.1) is 0 Å². The summed E-state index contributed by atoms with van der Waals surface area (Å²) in [6.45, 7) is 0.529. The first-order chi connectivity index (χ1) is 13.6. The maximum atomic E-state index is 10.2. The minimum atomic E-state index is -1.47. The van der Waals surface area contributed by atoms with Crippen LogP contribution in [-0.4, -0.2) is 130 Å². The molecule has 13 nitrogen and oxygen atoms in total. The Hall–Kier alpha value is -0.970. The number of aliphatic hydroxyl groups is 6. The number of carboxylic acid groups (broad SMARTS) is 1. The maximum Gasteiger partial charge on any atom is 0.300 e. The molecule has 8 N–H and O–H groups in total. The van der Waals surface area contributed by atoms with Gasteiger partial charge >= 0.3 is 0 Å². The second-order valence-corrected chi connectivity index (χ2v) is 6.65. The Morgan fingerprint density at radius 2 is 1.34 bits per heavy atom. The average molecular weight is 429 g/mol. The summed E-state index contributed by atoms with van der Waals surface area (Å²) >= 11 is 0. The highest BCUT2D eigenvalue weighted by Crippen LogP contribution is 2.24. The Kier molecular flexibility index (Phi) is 10.8. The Labute approximate surface area is 167 Å². The van der Waals surface area contributed by atoms with Crippen LogP contribution in [0.2, 0.25) is 0 Å². The van der Waals surface area contributed by atoms with Gasteiger partial charge in [0.15, 0.2) is 12.6 Å². The molecule has 0 bridgehead atoms. The van der Waals surface area contributed by atoms with Crippen LogP contribution in [0.15, 0.2) is 0 Å². The fraction of sp³-hybridized carbons (Fsp3) is 0.938. The van der Waals surface area contributed by atoms with Crippen molar-refractivity contribution in [1.29, 1.82) is 0 Å². The molecule has 13 heteroatoms. The van der Waals surface area contributed by atoms with Gasteiger partial charge in [0, 0.05) is 27.7 Å². The van der Waals surface area contributed by atoms with E-state index in [4.69, 9.17) is 34.0 Å². The molecule has 2 fully saturated rings. The zero-order valence-electron chi connectivity index (χ0n) is 16.4. The standard InChI is InChI=1S/C14H27NO10.C2H4O2/c1-22-13-7(10(19)9(18)6(4-16)25-13)15-3-5-8(17)11(20)12(21)14(23-2)24-5;1-2(3)4/h5-21H,3-4H2,1-2H3;1H3,(H,3,4)/t5-,6-,7+,8-,9-,10+,11+,12+,13+,14+;/m1./s1. The molecular weight excluding hydrogens is 398 g/mol. The number of ether oxygens (including phenoxy) is 4. The molecule has 2 rings (SSSR count). The van der Waals surface area contributed by atoms with Crippen molar-refractivity contribution in [3.05, 3.63) is 0 Å². The van der Waals surface area contributed by atoms with Gasteiger partial charge in [-0.1, -0.05) is 0 Å². The average Bonchev–Trinajstić information content (AvgIpc) is 2.68. The van der Waals surface area contributed by atoms with Crippen LogP contribution in [0.25, 0.3) is 0 Å². The number of nitrogens with one attached hydrogen (secondary N) is 1. The van der Waals surface area contributed by atoms with Crippen molar-refractivity contribution in [2.75, 3.05) is 27.4 Å². The zero-order chi connectivity index (χ0) is 22.3. The molecule has 2 aliphatic rings. The number of rotatable bonds is 6. The smallest absolute Gasteiger partial charge is 0.300 e. The quantitative estimate of drug-likeness (QED) is 0.201. The lowest BCUT2D eigenvalue weighted by Crippen LogP contribution is -2.66. The highest BCUT2D eigenvalue weighted by atomic mass is 16.7. The van der Waals surface area contributed by atoms with E-state index in [-0.39, 0.29) is 6.54 Å². The molecule has 2 heterocycles. The van der Waals surface area contributed by atoms with Crippen LogP contribution in [0.5, 0.6) is 0 Å². The summed E-state index contributed by atoms with van der Waals surface area (Å²) < 4.78 is 20.8. The fourth-order valence-corrected chi connectivity index (χ4v) is 3.03. The van der Waals surface area contributed by atoms with Gasteiger partial charge in [-0.25, -0.2) is 0 Å². The molecule has 0 amide bonds. The Bertz CT molecular complexity index is 489. The topological polar surface area (TPSA) is 208 Å². The number of hydrogen-bond acceptors (Lipinski definition) is 12. The van der Waals surface area contributed by atoms with E-state index in [9.17, 15) is 25.5 Å². The van der Waals surface area contributed by atoms with E-state index in [1.807, 2.05) is 0 Å². The number of methoxy groups -OCH3 is 2. The second-order valence-electron chi connectivity index (χ2n) is 6.65. The van der Waals surface area contributed by atoms with Gasteiger partial charge < -0.3 is 60.0 Å². The number of hydrogen-bond donors (Lipinski definition) is 8. The van der Waals surface area contributed by atoms with E-state index in [0.29, 0.717) is 0 Å². The molecule has 0 aromatic heterocycles. The van der Waals surface area contributed by atoms with Gasteiger partial charge in [-0.05, 0) is 0 Å². The summed E-state index contributed by atoms with van der Waals surface area (Å²) in [5, 5.41) is 69.3. The van der Waals surface area contributed by atoms with E-state index in [2.05, 4.69) is 5.32 Å². The van der Waals surface area contributed by atoms with Crippen LogP contribution >= 0.6 is 0 Å². The lowest BCUT2D eigenvalue weighted by atomic mass is 9.95. The molecule has 172 valence electrons. The lowest BCUT2D eigenvalue weighted by molar-refractivity contribution is -0.292. The normalized spacial score (nSPS) is 42.7. The molecule has 0 spiro atoms. The SMILES string of the molecule is CC(=O)O.CO[C@H]1O[C@H](CN[C@@H]2[C@@H](OC)O[C@H](CO)[C@@H](O)[C@H]2O)[C@@H](O)[C@H](O)[C@@H]1O. The first kappa shape index (κ1) is 26.1. The molecule has 0 aliphatic carbocycles. The number of carbonyl (C=O) groups is 1. The van der Waals surface area contributed by atoms with Crippen LogP contribution in [0.3, 0.4) is 0 Å². The fourth-order valence-electron chi connectivity index (χ4n) is 3.03. The second kappa shape index (κ2) is 12.0. The third-order valence-electron chi connectivity index (χ3n) is 4.57. The Morgan fingerprint density at radius 1 is 0.862 bits per heavy atom. The molecule has 29 heavy (non-hydrogen) atoms. The van der Waals surface area contributed by atoms with Gasteiger partial charge in [-0.2, -0.15) is 0 Å². The molecule has 0 radical (unpaired) electrons. The Balaban J connectivity index is 0.000000960. The van der Waals surface area contributed by atoms with E-state index in [0.717, 1.165) is 6.92 Å². The monoisotopic (exact) mass is 429 g/mol. The van der Waals surface area contributed by atoms with Gasteiger partial charge in [-0.3, -0.25) is 4.79 Å². The lowest BCUT2D eigenvalue weighted by Gasteiger charge is -2.44. The van der Waals surface area contributed by atoms with Gasteiger partial charge in [0.2, 0.25) is 0 Å². The predicted octanol–water partition coefficient (Wildman–Crippen LogP) is -4.43. The minimum absolute atomic E-state index is 0.0632. The number of aliphatic hydroxyl groups excluding tert-OH is 6. The van der Waals surface area contributed by atoms with Crippen LogP contribution in [0.1, 0.15) is 6.92 Å². The summed E-state index contributed by atoms with van der Waals surface area (Å²) in [4.78, 5) is 9.00. The summed E-state index contributed by atoms with van der Waals surface area (Å²) in [7, 11) is 2.62. The first-order valence-corrected chi connectivity index (χ1v) is 8.89. The van der Waals surface area contributed by atoms with E-state index >= 15 is 0 Å². The van der Waals surface area contributed by atoms with Crippen LogP contribution in [0.4, 0.5) is 0 Å². The molecule has 2 aliphatic heterocycles.